The zero-order valence-corrected chi connectivity index (χ0v) is 9.29. The Labute approximate surface area is 91.3 Å². The average molecular weight is 206 g/mol. The van der Waals surface area contributed by atoms with Gasteiger partial charge in [0.25, 0.3) is 0 Å². The highest BCUT2D eigenvalue weighted by Gasteiger charge is 2.07. The van der Waals surface area contributed by atoms with Gasteiger partial charge in [-0.05, 0) is 38.2 Å². The van der Waals surface area contributed by atoms with E-state index in [4.69, 9.17) is 4.74 Å². The molecule has 0 atom stereocenters. The summed E-state index contributed by atoms with van der Waals surface area (Å²) >= 11 is 0. The Morgan fingerprint density at radius 1 is 1.47 bits per heavy atom. The first kappa shape index (κ1) is 11.8. The van der Waals surface area contributed by atoms with Crippen LogP contribution in [0.5, 0.6) is 0 Å². The fourth-order valence-corrected chi connectivity index (χ4v) is 1.63. The van der Waals surface area contributed by atoms with Crippen LogP contribution in [0.15, 0.2) is 36.0 Å². The number of ether oxygens (including phenoxy) is 1. The van der Waals surface area contributed by atoms with E-state index < -0.39 is 0 Å². The summed E-state index contributed by atoms with van der Waals surface area (Å²) in [5.41, 5.74) is 2.47. The van der Waals surface area contributed by atoms with Crippen LogP contribution >= 0.6 is 0 Å². The molecule has 82 valence electrons. The fourth-order valence-electron chi connectivity index (χ4n) is 1.63. The molecule has 0 bridgehead atoms. The van der Waals surface area contributed by atoms with Crippen LogP contribution in [0.4, 0.5) is 0 Å². The van der Waals surface area contributed by atoms with Gasteiger partial charge in [-0.25, -0.2) is 4.79 Å². The largest absolute Gasteiger partial charge is 0.463 e. The Bertz CT molecular complexity index is 298. The Morgan fingerprint density at radius 3 is 2.87 bits per heavy atom. The first-order valence-electron chi connectivity index (χ1n) is 5.46. The minimum Gasteiger partial charge on any atom is -0.463 e. The predicted octanol–water partition coefficient (Wildman–Crippen LogP) is 3.16. The Kier molecular flexibility index (Phi) is 4.88. The molecule has 0 aromatic rings. The number of hydrogen-bond acceptors (Lipinski definition) is 2. The van der Waals surface area contributed by atoms with Gasteiger partial charge in [-0.2, -0.15) is 0 Å². The standard InChI is InChI=1S/C13H18O2/c1-3-15-13(14)10-6-9-12-8-5-4-7-11(12)2/h6,9-10H,2-5,7-8H2,1H3/b10-6+,12-9-. The predicted molar refractivity (Wildman–Crippen MR) is 61.5 cm³/mol. The van der Waals surface area contributed by atoms with Gasteiger partial charge in [0.05, 0.1) is 6.61 Å². The van der Waals surface area contributed by atoms with Crippen LogP contribution in [-0.2, 0) is 9.53 Å². The second kappa shape index (κ2) is 6.23. The summed E-state index contributed by atoms with van der Waals surface area (Å²) < 4.78 is 4.78. The molecule has 0 aromatic carbocycles. The molecule has 1 fully saturated rings. The first-order valence-corrected chi connectivity index (χ1v) is 5.46. The highest BCUT2D eigenvalue weighted by molar-refractivity contribution is 5.82. The highest BCUT2D eigenvalue weighted by Crippen LogP contribution is 2.26. The molecule has 0 heterocycles. The van der Waals surface area contributed by atoms with Gasteiger partial charge in [-0.3, -0.25) is 0 Å². The van der Waals surface area contributed by atoms with Crippen molar-refractivity contribution < 1.29 is 9.53 Å². The molecule has 2 heteroatoms. The third-order valence-corrected chi connectivity index (χ3v) is 2.45. The molecule has 0 spiro atoms. The maximum atomic E-state index is 11.0. The molecule has 0 unspecified atom stereocenters. The summed E-state index contributed by atoms with van der Waals surface area (Å²) in [5, 5.41) is 0. The van der Waals surface area contributed by atoms with Crippen molar-refractivity contribution in [2.24, 2.45) is 0 Å². The smallest absolute Gasteiger partial charge is 0.330 e. The molecule has 0 aliphatic heterocycles. The van der Waals surface area contributed by atoms with Gasteiger partial charge in [-0.1, -0.05) is 24.3 Å². The number of carbonyl (C=O) groups is 1. The van der Waals surface area contributed by atoms with E-state index in [1.165, 1.54) is 30.1 Å². The number of allylic oxidation sites excluding steroid dienone is 4. The average Bonchev–Trinajstić information content (AvgIpc) is 2.21. The van der Waals surface area contributed by atoms with E-state index >= 15 is 0 Å². The summed E-state index contributed by atoms with van der Waals surface area (Å²) in [7, 11) is 0. The van der Waals surface area contributed by atoms with Crippen LogP contribution < -0.4 is 0 Å². The second-order valence-corrected chi connectivity index (χ2v) is 3.61. The molecule has 0 amide bonds. The summed E-state index contributed by atoms with van der Waals surface area (Å²) in [6.45, 7) is 6.23. The maximum Gasteiger partial charge on any atom is 0.330 e. The minimum absolute atomic E-state index is 0.282. The van der Waals surface area contributed by atoms with Crippen LogP contribution in [0.3, 0.4) is 0 Å². The molecular weight excluding hydrogens is 188 g/mol. The van der Waals surface area contributed by atoms with E-state index in [0.29, 0.717) is 6.61 Å². The second-order valence-electron chi connectivity index (χ2n) is 3.61. The van der Waals surface area contributed by atoms with Crippen molar-refractivity contribution in [3.05, 3.63) is 36.0 Å². The van der Waals surface area contributed by atoms with Gasteiger partial charge in [0.2, 0.25) is 0 Å². The van der Waals surface area contributed by atoms with E-state index in [1.807, 2.05) is 6.08 Å². The van der Waals surface area contributed by atoms with Crippen molar-refractivity contribution in [3.63, 3.8) is 0 Å². The summed E-state index contributed by atoms with van der Waals surface area (Å²) in [5.74, 6) is -0.282. The van der Waals surface area contributed by atoms with E-state index in [1.54, 1.807) is 13.0 Å². The summed E-state index contributed by atoms with van der Waals surface area (Å²) in [6, 6.07) is 0. The number of esters is 1. The van der Waals surface area contributed by atoms with Crippen molar-refractivity contribution >= 4 is 5.97 Å². The fraction of sp³-hybridized carbons (Fsp3) is 0.462. The van der Waals surface area contributed by atoms with Crippen LogP contribution in [0, 0.1) is 0 Å². The first-order chi connectivity index (χ1) is 7.24. The van der Waals surface area contributed by atoms with E-state index in [9.17, 15) is 4.79 Å². The maximum absolute atomic E-state index is 11.0. The van der Waals surface area contributed by atoms with Crippen LogP contribution in [0.2, 0.25) is 0 Å². The van der Waals surface area contributed by atoms with Crippen LogP contribution in [0.1, 0.15) is 32.6 Å². The topological polar surface area (TPSA) is 26.3 Å². The van der Waals surface area contributed by atoms with Gasteiger partial charge in [0.15, 0.2) is 0 Å². The van der Waals surface area contributed by atoms with Gasteiger partial charge in [0.1, 0.15) is 0 Å². The van der Waals surface area contributed by atoms with Gasteiger partial charge < -0.3 is 4.74 Å². The van der Waals surface area contributed by atoms with E-state index in [0.717, 1.165) is 12.8 Å². The molecule has 0 N–H and O–H groups in total. The van der Waals surface area contributed by atoms with Gasteiger partial charge in [-0.15, -0.1) is 0 Å². The molecular formula is C13H18O2. The van der Waals surface area contributed by atoms with Crippen molar-refractivity contribution in [2.45, 2.75) is 32.6 Å². The molecule has 15 heavy (non-hydrogen) atoms. The lowest BCUT2D eigenvalue weighted by atomic mass is 9.90. The Morgan fingerprint density at radius 2 is 2.20 bits per heavy atom. The highest BCUT2D eigenvalue weighted by atomic mass is 16.5. The third kappa shape index (κ3) is 4.15. The van der Waals surface area contributed by atoms with Crippen molar-refractivity contribution in [1.82, 2.24) is 0 Å². The zero-order chi connectivity index (χ0) is 11.1. The van der Waals surface area contributed by atoms with Gasteiger partial charge >= 0.3 is 5.97 Å². The van der Waals surface area contributed by atoms with E-state index in [-0.39, 0.29) is 5.97 Å². The minimum atomic E-state index is -0.282. The molecule has 1 aliphatic carbocycles. The Hall–Kier alpha value is -1.31. The van der Waals surface area contributed by atoms with Crippen molar-refractivity contribution in [2.75, 3.05) is 6.61 Å². The molecule has 1 rings (SSSR count). The molecule has 1 aliphatic rings. The lowest BCUT2D eigenvalue weighted by molar-refractivity contribution is -0.137. The monoisotopic (exact) mass is 206 g/mol. The molecule has 1 saturated carbocycles. The summed E-state index contributed by atoms with van der Waals surface area (Å²) in [4.78, 5) is 11.0. The quantitative estimate of drug-likeness (QED) is 0.523. The van der Waals surface area contributed by atoms with Crippen LogP contribution in [-0.4, -0.2) is 12.6 Å². The van der Waals surface area contributed by atoms with Gasteiger partial charge in [0, 0.05) is 6.08 Å². The third-order valence-electron chi connectivity index (χ3n) is 2.45. The Balaban J connectivity index is 2.48. The number of carbonyl (C=O) groups excluding carboxylic acids is 1. The zero-order valence-electron chi connectivity index (χ0n) is 9.29. The summed E-state index contributed by atoms with van der Waals surface area (Å²) in [6.07, 6.45) is 9.79. The van der Waals surface area contributed by atoms with Crippen LogP contribution in [0.25, 0.3) is 0 Å². The normalized spacial score (nSPS) is 19.8. The van der Waals surface area contributed by atoms with E-state index in [2.05, 4.69) is 6.58 Å². The number of hydrogen-bond donors (Lipinski definition) is 0. The van der Waals surface area contributed by atoms with Crippen molar-refractivity contribution in [1.29, 1.82) is 0 Å². The molecule has 2 nitrogen and oxygen atoms in total. The lowest BCUT2D eigenvalue weighted by Crippen LogP contribution is -1.99. The molecule has 0 aromatic heterocycles. The van der Waals surface area contributed by atoms with Crippen molar-refractivity contribution in [3.8, 4) is 0 Å². The molecule has 0 radical (unpaired) electrons. The SMILES string of the molecule is C=C1CCCC/C1=C/C=C/C(=O)OCC. The molecule has 0 saturated heterocycles. The lowest BCUT2D eigenvalue weighted by Gasteiger charge is -2.15. The number of rotatable bonds is 3.